The number of methoxy groups -OCH3 is 1. The highest BCUT2D eigenvalue weighted by molar-refractivity contribution is 7.12. The predicted molar refractivity (Wildman–Crippen MR) is 125 cm³/mol. The highest BCUT2D eigenvalue weighted by atomic mass is 32.1. The lowest BCUT2D eigenvalue weighted by Gasteiger charge is -2.07. The number of azo groups is 1. The van der Waals surface area contributed by atoms with E-state index in [0.717, 1.165) is 21.6 Å². The van der Waals surface area contributed by atoms with Gasteiger partial charge in [-0.15, -0.1) is 16.5 Å². The average molecular weight is 490 g/mol. The van der Waals surface area contributed by atoms with Gasteiger partial charge in [-0.05, 0) is 48.1 Å². The van der Waals surface area contributed by atoms with Gasteiger partial charge in [0.1, 0.15) is 11.4 Å². The molecule has 0 saturated carbocycles. The molecule has 5 rings (SSSR count). The van der Waals surface area contributed by atoms with Crippen LogP contribution in [0.15, 0.2) is 73.5 Å². The first-order valence-electron chi connectivity index (χ1n) is 10.4. The van der Waals surface area contributed by atoms with Gasteiger partial charge in [0, 0.05) is 23.4 Å². The third-order valence-electron chi connectivity index (χ3n) is 5.18. The van der Waals surface area contributed by atoms with Crippen molar-refractivity contribution in [1.82, 2.24) is 20.0 Å². The monoisotopic (exact) mass is 489 g/mol. The Labute approximate surface area is 202 Å². The Morgan fingerprint density at radius 2 is 1.86 bits per heavy atom. The van der Waals surface area contributed by atoms with Crippen LogP contribution in [-0.2, 0) is 0 Å². The Hall–Kier alpha value is -4.58. The lowest BCUT2D eigenvalue weighted by atomic mass is 10.2. The number of nitrogens with zero attached hydrogens (tertiary/aromatic N) is 6. The standard InChI is InChI=1S/C23H19N7O4S/c1-13-4-6-15(7-5-13)25-26-19-14(2)27-30(21(19)31)23-24-18(12-35-23)20-22(32)34-28-29(20)16-8-10-17(33-3)11-9-16/h4-12H,1-3H3,(H-,25,27,28,31,32). The van der Waals surface area contributed by atoms with E-state index >= 15 is 0 Å². The minimum Gasteiger partial charge on any atom is -0.857 e. The summed E-state index contributed by atoms with van der Waals surface area (Å²) in [6, 6.07) is 14.5. The smallest absolute Gasteiger partial charge is 0.437 e. The van der Waals surface area contributed by atoms with Crippen molar-refractivity contribution < 1.29 is 19.0 Å². The second-order valence-corrected chi connectivity index (χ2v) is 8.40. The number of H-pyrrole nitrogens is 1. The molecule has 176 valence electrons. The molecule has 0 amide bonds. The molecule has 0 aliphatic rings. The summed E-state index contributed by atoms with van der Waals surface area (Å²) in [7, 11) is 1.57. The lowest BCUT2D eigenvalue weighted by molar-refractivity contribution is -0.660. The number of benzene rings is 2. The van der Waals surface area contributed by atoms with Crippen molar-refractivity contribution in [3.05, 3.63) is 75.6 Å². The van der Waals surface area contributed by atoms with Crippen molar-refractivity contribution in [2.24, 2.45) is 10.2 Å². The molecule has 0 aliphatic heterocycles. The molecule has 0 radical (unpaired) electrons. The van der Waals surface area contributed by atoms with E-state index in [1.807, 2.05) is 31.2 Å². The van der Waals surface area contributed by atoms with Crippen LogP contribution in [-0.4, -0.2) is 27.1 Å². The number of rotatable bonds is 6. The van der Waals surface area contributed by atoms with E-state index in [9.17, 15) is 9.90 Å². The normalized spacial score (nSPS) is 11.4. The predicted octanol–water partition coefficient (Wildman–Crippen LogP) is 3.67. The molecule has 3 heterocycles. The number of aromatic nitrogens is 5. The summed E-state index contributed by atoms with van der Waals surface area (Å²) >= 11 is 1.16. The Morgan fingerprint density at radius 1 is 1.11 bits per heavy atom. The van der Waals surface area contributed by atoms with Gasteiger partial charge < -0.3 is 9.84 Å². The molecule has 5 aromatic rings. The maximum absolute atomic E-state index is 13.0. The number of nitrogens with one attached hydrogen (secondary N) is 1. The van der Waals surface area contributed by atoms with Gasteiger partial charge in [-0.2, -0.15) is 10.2 Å². The van der Waals surface area contributed by atoms with Gasteiger partial charge in [0.15, 0.2) is 5.69 Å². The minimum atomic E-state index is -0.607. The highest BCUT2D eigenvalue weighted by Crippen LogP contribution is 2.33. The van der Waals surface area contributed by atoms with E-state index in [-0.39, 0.29) is 16.5 Å². The van der Waals surface area contributed by atoms with Gasteiger partial charge in [-0.25, -0.2) is 14.5 Å². The second-order valence-electron chi connectivity index (χ2n) is 7.56. The van der Waals surface area contributed by atoms with Gasteiger partial charge in [0.25, 0.3) is 0 Å². The van der Waals surface area contributed by atoms with Gasteiger partial charge in [-0.1, -0.05) is 17.7 Å². The second kappa shape index (κ2) is 8.99. The van der Waals surface area contributed by atoms with Gasteiger partial charge in [-0.3, -0.25) is 4.52 Å². The molecule has 0 bridgehead atoms. The topological polar surface area (TPSA) is 138 Å². The third kappa shape index (κ3) is 4.22. The summed E-state index contributed by atoms with van der Waals surface area (Å²) in [6.45, 7) is 3.65. The summed E-state index contributed by atoms with van der Waals surface area (Å²) in [5.74, 6) is 0.216. The first-order chi connectivity index (χ1) is 16.9. The maximum atomic E-state index is 13.0. The molecule has 1 N–H and O–H groups in total. The van der Waals surface area contributed by atoms with E-state index < -0.39 is 11.5 Å². The zero-order valence-corrected chi connectivity index (χ0v) is 19.7. The number of ether oxygens (including phenoxy) is 1. The van der Waals surface area contributed by atoms with Crippen LogP contribution in [0.2, 0.25) is 0 Å². The molecule has 0 aliphatic carbocycles. The summed E-state index contributed by atoms with van der Waals surface area (Å²) in [6.07, 6.45) is 0. The van der Waals surface area contributed by atoms with Crippen LogP contribution in [0, 0.1) is 13.8 Å². The van der Waals surface area contributed by atoms with Crippen molar-refractivity contribution in [2.75, 3.05) is 7.11 Å². The molecule has 0 atom stereocenters. The molecule has 0 saturated heterocycles. The van der Waals surface area contributed by atoms with Crippen LogP contribution in [0.5, 0.6) is 11.6 Å². The van der Waals surface area contributed by atoms with E-state index in [1.54, 1.807) is 43.7 Å². The molecule has 3 aromatic heterocycles. The zero-order valence-electron chi connectivity index (χ0n) is 18.9. The third-order valence-corrected chi connectivity index (χ3v) is 6.00. The lowest BCUT2D eigenvalue weighted by Crippen LogP contribution is -2.36. The summed E-state index contributed by atoms with van der Waals surface area (Å²) < 4.78 is 12.8. The fourth-order valence-electron chi connectivity index (χ4n) is 3.34. The number of aryl methyl sites for hydroxylation is 2. The van der Waals surface area contributed by atoms with Crippen LogP contribution in [0.1, 0.15) is 11.3 Å². The SMILES string of the molecule is COc1ccc(-[n+]2[nH]oc(=O)c2-c2csc(-n3nc(C)c(N=Nc4ccc(C)cc4)c3[O-])n2)cc1. The highest BCUT2D eigenvalue weighted by Gasteiger charge is 2.28. The molecule has 0 spiro atoms. The van der Waals surface area contributed by atoms with Crippen molar-refractivity contribution in [2.45, 2.75) is 13.8 Å². The number of thiazole rings is 1. The summed E-state index contributed by atoms with van der Waals surface area (Å²) in [5, 5.41) is 30.0. The molecule has 2 aromatic carbocycles. The Kier molecular flexibility index (Phi) is 5.71. The largest absolute Gasteiger partial charge is 0.857 e. The van der Waals surface area contributed by atoms with E-state index in [1.165, 1.54) is 4.68 Å². The zero-order chi connectivity index (χ0) is 24.5. The van der Waals surface area contributed by atoms with Crippen LogP contribution < -0.4 is 20.2 Å². The molecule has 35 heavy (non-hydrogen) atoms. The molecular formula is C23H19N7O4S. The maximum Gasteiger partial charge on any atom is 0.437 e. The summed E-state index contributed by atoms with van der Waals surface area (Å²) in [5.41, 5.74) is 2.79. The average Bonchev–Trinajstić information content (AvgIpc) is 3.56. The minimum absolute atomic E-state index is 0.122. The van der Waals surface area contributed by atoms with Crippen LogP contribution in [0.25, 0.3) is 22.2 Å². The fraction of sp³-hybridized carbons (Fsp3) is 0.130. The van der Waals surface area contributed by atoms with E-state index in [4.69, 9.17) is 9.26 Å². The van der Waals surface area contributed by atoms with E-state index in [0.29, 0.717) is 28.5 Å². The quantitative estimate of drug-likeness (QED) is 0.285. The van der Waals surface area contributed by atoms with Crippen molar-refractivity contribution >= 4 is 22.7 Å². The number of hydrogen-bond donors (Lipinski definition) is 1. The number of hydrogen-bond acceptors (Lipinski definition) is 9. The van der Waals surface area contributed by atoms with Gasteiger partial charge in [0.2, 0.25) is 10.8 Å². The molecule has 12 heteroatoms. The Bertz CT molecular complexity index is 1580. The number of aromatic amines is 1. The Balaban J connectivity index is 1.48. The molecule has 0 fully saturated rings. The van der Waals surface area contributed by atoms with E-state index in [2.05, 4.69) is 25.6 Å². The van der Waals surface area contributed by atoms with Crippen LogP contribution in [0.3, 0.4) is 0 Å². The van der Waals surface area contributed by atoms with Gasteiger partial charge >= 0.3 is 11.3 Å². The summed E-state index contributed by atoms with van der Waals surface area (Å²) in [4.78, 5) is 16.9. The van der Waals surface area contributed by atoms with Crippen molar-refractivity contribution in [3.63, 3.8) is 0 Å². The Morgan fingerprint density at radius 3 is 2.57 bits per heavy atom. The molecule has 11 nitrogen and oxygen atoms in total. The van der Waals surface area contributed by atoms with Crippen molar-refractivity contribution in [3.8, 4) is 33.8 Å². The fourth-order valence-corrected chi connectivity index (χ4v) is 4.09. The first kappa shape index (κ1) is 22.2. The first-order valence-corrected chi connectivity index (χ1v) is 11.3. The van der Waals surface area contributed by atoms with Crippen molar-refractivity contribution in [1.29, 1.82) is 0 Å². The van der Waals surface area contributed by atoms with Gasteiger partial charge in [0.05, 0.1) is 18.5 Å². The van der Waals surface area contributed by atoms with Crippen LogP contribution >= 0.6 is 11.3 Å². The van der Waals surface area contributed by atoms with Crippen LogP contribution in [0.4, 0.5) is 11.4 Å². The molecular weight excluding hydrogens is 470 g/mol. The molecule has 0 unspecified atom stereocenters.